The van der Waals surface area contributed by atoms with Crippen molar-refractivity contribution in [3.05, 3.63) is 48.0 Å². The summed E-state index contributed by atoms with van der Waals surface area (Å²) in [6, 6.07) is 13.5. The Morgan fingerprint density at radius 2 is 1.72 bits per heavy atom. The van der Waals surface area contributed by atoms with Gasteiger partial charge in [-0.15, -0.1) is 0 Å². The Hall–Kier alpha value is -2.89. The van der Waals surface area contributed by atoms with Crippen LogP contribution >= 0.6 is 0 Å². The molecule has 25 heavy (non-hydrogen) atoms. The maximum atomic E-state index is 12.8. The molecule has 0 saturated carbocycles. The lowest BCUT2D eigenvalue weighted by Crippen LogP contribution is -2.48. The molecule has 0 N–H and O–H groups in total. The van der Waals surface area contributed by atoms with E-state index in [-0.39, 0.29) is 24.5 Å². The Labute approximate surface area is 145 Å². The van der Waals surface area contributed by atoms with E-state index in [1.807, 2.05) is 42.5 Å². The van der Waals surface area contributed by atoms with Gasteiger partial charge in [-0.25, -0.2) is 9.69 Å². The number of rotatable bonds is 2. The molecule has 128 valence electrons. The van der Waals surface area contributed by atoms with Crippen LogP contribution in [0.4, 0.5) is 4.79 Å². The maximum Gasteiger partial charge on any atom is 0.417 e. The largest absolute Gasteiger partial charge is 0.439 e. The molecule has 6 nitrogen and oxygen atoms in total. The zero-order chi connectivity index (χ0) is 17.4. The van der Waals surface area contributed by atoms with Crippen molar-refractivity contribution in [1.29, 1.82) is 0 Å². The molecular weight excluding hydrogens is 320 g/mol. The Morgan fingerprint density at radius 3 is 2.40 bits per heavy atom. The van der Waals surface area contributed by atoms with E-state index >= 15 is 0 Å². The van der Waals surface area contributed by atoms with Gasteiger partial charge in [0.2, 0.25) is 0 Å². The highest BCUT2D eigenvalue weighted by molar-refractivity contribution is 5.99. The molecule has 0 atom stereocenters. The van der Waals surface area contributed by atoms with Gasteiger partial charge in [0, 0.05) is 24.7 Å². The summed E-state index contributed by atoms with van der Waals surface area (Å²) in [7, 11) is 0. The summed E-state index contributed by atoms with van der Waals surface area (Å²) in [4.78, 5) is 39.1. The van der Waals surface area contributed by atoms with Crippen molar-refractivity contribution >= 4 is 28.7 Å². The number of nitrogens with zero attached hydrogens (tertiary/aromatic N) is 2. The number of piperidine rings is 1. The van der Waals surface area contributed by atoms with Gasteiger partial charge < -0.3 is 9.64 Å². The number of amides is 3. The predicted octanol–water partition coefficient (Wildman–Crippen LogP) is 2.42. The van der Waals surface area contributed by atoms with Crippen LogP contribution in [-0.2, 0) is 9.53 Å². The summed E-state index contributed by atoms with van der Waals surface area (Å²) >= 11 is 0. The summed E-state index contributed by atoms with van der Waals surface area (Å²) in [5.41, 5.74) is 0.661. The van der Waals surface area contributed by atoms with Crippen LogP contribution in [-0.4, -0.2) is 53.4 Å². The number of benzene rings is 2. The minimum absolute atomic E-state index is 0.0143. The third kappa shape index (κ3) is 2.84. The first-order chi connectivity index (χ1) is 12.1. The summed E-state index contributed by atoms with van der Waals surface area (Å²) in [6.45, 7) is 0.871. The number of fused-ring (bicyclic) bond motifs is 1. The van der Waals surface area contributed by atoms with E-state index in [0.29, 0.717) is 31.5 Å². The van der Waals surface area contributed by atoms with E-state index in [9.17, 15) is 14.4 Å². The van der Waals surface area contributed by atoms with Crippen molar-refractivity contribution in [3.63, 3.8) is 0 Å². The molecule has 6 heteroatoms. The van der Waals surface area contributed by atoms with Gasteiger partial charge in [0.15, 0.2) is 6.61 Å². The second-order valence-corrected chi connectivity index (χ2v) is 6.40. The lowest BCUT2D eigenvalue weighted by atomic mass is 10.0. The first kappa shape index (κ1) is 15.6. The van der Waals surface area contributed by atoms with Gasteiger partial charge in [0.25, 0.3) is 11.8 Å². The Bertz CT molecular complexity index is 839. The normalized spacial score (nSPS) is 18.7. The lowest BCUT2D eigenvalue weighted by molar-refractivity contribution is -0.127. The minimum Gasteiger partial charge on any atom is -0.439 e. The van der Waals surface area contributed by atoms with Crippen molar-refractivity contribution in [1.82, 2.24) is 9.80 Å². The van der Waals surface area contributed by atoms with Crippen molar-refractivity contribution in [2.24, 2.45) is 0 Å². The standard InChI is InChI=1S/C19H18N2O4/c22-17-12-25-19(24)21(17)16-7-9-20(10-8-16)18(23)15-6-5-13-3-1-2-4-14(13)11-15/h1-6,11,16H,7-10,12H2. The first-order valence-corrected chi connectivity index (χ1v) is 8.40. The van der Waals surface area contributed by atoms with Crippen molar-refractivity contribution in [3.8, 4) is 0 Å². The van der Waals surface area contributed by atoms with E-state index in [2.05, 4.69) is 0 Å². The Morgan fingerprint density at radius 1 is 1.00 bits per heavy atom. The van der Waals surface area contributed by atoms with Crippen LogP contribution in [0.3, 0.4) is 0 Å². The smallest absolute Gasteiger partial charge is 0.417 e. The van der Waals surface area contributed by atoms with E-state index in [1.54, 1.807) is 4.90 Å². The van der Waals surface area contributed by atoms with Crippen LogP contribution in [0.1, 0.15) is 23.2 Å². The highest BCUT2D eigenvalue weighted by atomic mass is 16.6. The van der Waals surface area contributed by atoms with Gasteiger partial charge in [0.05, 0.1) is 0 Å². The number of carbonyl (C=O) groups is 3. The molecule has 2 saturated heterocycles. The molecule has 2 aliphatic heterocycles. The van der Waals surface area contributed by atoms with E-state index < -0.39 is 6.09 Å². The SMILES string of the molecule is O=C(c1ccc2ccccc2c1)N1CCC(N2C(=O)COC2=O)CC1. The van der Waals surface area contributed by atoms with Crippen molar-refractivity contribution in [2.75, 3.05) is 19.7 Å². The van der Waals surface area contributed by atoms with Crippen LogP contribution < -0.4 is 0 Å². The summed E-state index contributed by atoms with van der Waals surface area (Å²) in [5, 5.41) is 2.14. The van der Waals surface area contributed by atoms with Crippen molar-refractivity contribution < 1.29 is 19.1 Å². The summed E-state index contributed by atoms with van der Waals surface area (Å²) < 4.78 is 4.77. The third-order valence-corrected chi connectivity index (χ3v) is 4.90. The third-order valence-electron chi connectivity index (χ3n) is 4.90. The second kappa shape index (κ2) is 6.20. The molecule has 0 aliphatic carbocycles. The Balaban J connectivity index is 1.45. The average Bonchev–Trinajstić information content (AvgIpc) is 2.99. The fourth-order valence-electron chi connectivity index (χ4n) is 3.55. The highest BCUT2D eigenvalue weighted by Crippen LogP contribution is 2.23. The van der Waals surface area contributed by atoms with Crippen LogP contribution in [0.5, 0.6) is 0 Å². The van der Waals surface area contributed by atoms with Crippen molar-refractivity contribution in [2.45, 2.75) is 18.9 Å². The predicted molar refractivity (Wildman–Crippen MR) is 91.1 cm³/mol. The molecule has 2 aromatic carbocycles. The number of hydrogen-bond acceptors (Lipinski definition) is 4. The zero-order valence-electron chi connectivity index (χ0n) is 13.7. The molecule has 4 rings (SSSR count). The highest BCUT2D eigenvalue weighted by Gasteiger charge is 2.39. The van der Waals surface area contributed by atoms with Gasteiger partial charge in [-0.1, -0.05) is 30.3 Å². The molecule has 3 amide bonds. The fraction of sp³-hybridized carbons (Fsp3) is 0.316. The van der Waals surface area contributed by atoms with E-state index in [0.717, 1.165) is 10.8 Å². The van der Waals surface area contributed by atoms with Gasteiger partial charge in [-0.05, 0) is 35.7 Å². The maximum absolute atomic E-state index is 12.8. The molecule has 0 spiro atoms. The molecule has 2 fully saturated rings. The Kier molecular flexibility index (Phi) is 3.87. The molecule has 0 unspecified atom stereocenters. The quantitative estimate of drug-likeness (QED) is 0.843. The number of cyclic esters (lactones) is 1. The van der Waals surface area contributed by atoms with Crippen LogP contribution in [0.25, 0.3) is 10.8 Å². The lowest BCUT2D eigenvalue weighted by Gasteiger charge is -2.34. The molecule has 0 radical (unpaired) electrons. The summed E-state index contributed by atoms with van der Waals surface area (Å²) in [5.74, 6) is -0.302. The summed E-state index contributed by atoms with van der Waals surface area (Å²) in [6.07, 6.45) is 0.602. The number of imide groups is 1. The fourth-order valence-corrected chi connectivity index (χ4v) is 3.55. The first-order valence-electron chi connectivity index (χ1n) is 8.40. The average molecular weight is 338 g/mol. The van der Waals surface area contributed by atoms with Crippen LogP contribution in [0.15, 0.2) is 42.5 Å². The second-order valence-electron chi connectivity index (χ2n) is 6.40. The zero-order valence-corrected chi connectivity index (χ0v) is 13.7. The molecule has 2 aromatic rings. The number of likely N-dealkylation sites (tertiary alicyclic amines) is 1. The van der Waals surface area contributed by atoms with Crippen LogP contribution in [0, 0.1) is 0 Å². The molecule has 0 aromatic heterocycles. The molecule has 0 bridgehead atoms. The topological polar surface area (TPSA) is 66.9 Å². The monoisotopic (exact) mass is 338 g/mol. The number of carbonyl (C=O) groups excluding carboxylic acids is 3. The molecule has 2 aliphatic rings. The molecular formula is C19H18N2O4. The number of ether oxygens (including phenoxy) is 1. The molecule has 2 heterocycles. The van der Waals surface area contributed by atoms with Crippen LogP contribution in [0.2, 0.25) is 0 Å². The number of hydrogen-bond donors (Lipinski definition) is 0. The van der Waals surface area contributed by atoms with Gasteiger partial charge in [-0.2, -0.15) is 0 Å². The minimum atomic E-state index is -0.565. The van der Waals surface area contributed by atoms with E-state index in [4.69, 9.17) is 4.74 Å². The van der Waals surface area contributed by atoms with Gasteiger partial charge in [-0.3, -0.25) is 9.59 Å². The van der Waals surface area contributed by atoms with E-state index in [1.165, 1.54) is 4.90 Å². The van der Waals surface area contributed by atoms with Gasteiger partial charge >= 0.3 is 6.09 Å². The van der Waals surface area contributed by atoms with Gasteiger partial charge in [0.1, 0.15) is 0 Å².